The number of esters is 1. The fourth-order valence-corrected chi connectivity index (χ4v) is 1.81. The summed E-state index contributed by atoms with van der Waals surface area (Å²) in [5.41, 5.74) is 0.848. The molecule has 0 N–H and O–H groups in total. The predicted molar refractivity (Wildman–Crippen MR) is 70.9 cm³/mol. The number of benzene rings is 2. The standard InChI is InChI=1S/C15H10N2O3/c1-19-15(18)9-20-14-5-3-11-6-10(7-16)2-4-12(11)13(14)8-17/h2-6H,9H2,1H3. The van der Waals surface area contributed by atoms with E-state index in [0.29, 0.717) is 22.3 Å². The fourth-order valence-electron chi connectivity index (χ4n) is 1.81. The third kappa shape index (κ3) is 2.52. The maximum atomic E-state index is 11.1. The van der Waals surface area contributed by atoms with Crippen molar-refractivity contribution < 1.29 is 14.3 Å². The Hall–Kier alpha value is -3.05. The predicted octanol–water partition coefficient (Wildman–Crippen LogP) is 2.13. The van der Waals surface area contributed by atoms with E-state index in [9.17, 15) is 10.1 Å². The first-order valence-corrected chi connectivity index (χ1v) is 5.76. The minimum Gasteiger partial charge on any atom is -0.480 e. The molecule has 0 amide bonds. The number of rotatable bonds is 3. The normalized spacial score (nSPS) is 9.55. The molecule has 0 saturated carbocycles. The van der Waals surface area contributed by atoms with E-state index in [0.717, 1.165) is 5.39 Å². The van der Waals surface area contributed by atoms with Crippen LogP contribution >= 0.6 is 0 Å². The van der Waals surface area contributed by atoms with Gasteiger partial charge in [0.15, 0.2) is 6.61 Å². The Morgan fingerprint density at radius 2 is 2.00 bits per heavy atom. The van der Waals surface area contributed by atoms with Gasteiger partial charge in [0.1, 0.15) is 17.4 Å². The molecule has 98 valence electrons. The van der Waals surface area contributed by atoms with Crippen molar-refractivity contribution in [2.24, 2.45) is 0 Å². The summed E-state index contributed by atoms with van der Waals surface area (Å²) in [4.78, 5) is 11.1. The molecule has 2 aromatic carbocycles. The molecule has 0 unspecified atom stereocenters. The molecule has 0 aliphatic carbocycles. The Labute approximate surface area is 115 Å². The maximum absolute atomic E-state index is 11.1. The molecule has 0 spiro atoms. The van der Waals surface area contributed by atoms with Gasteiger partial charge in [0.2, 0.25) is 0 Å². The zero-order valence-corrected chi connectivity index (χ0v) is 10.7. The van der Waals surface area contributed by atoms with Crippen LogP contribution in [-0.4, -0.2) is 19.7 Å². The summed E-state index contributed by atoms with van der Waals surface area (Å²) >= 11 is 0. The van der Waals surface area contributed by atoms with Crippen molar-refractivity contribution in [3.8, 4) is 17.9 Å². The highest BCUT2D eigenvalue weighted by Crippen LogP contribution is 2.28. The van der Waals surface area contributed by atoms with Gasteiger partial charge in [0.25, 0.3) is 0 Å². The molecule has 0 aromatic heterocycles. The molecule has 0 heterocycles. The summed E-state index contributed by atoms with van der Waals surface area (Å²) in [5, 5.41) is 19.6. The molecule has 2 aromatic rings. The molecule has 0 bridgehead atoms. The van der Waals surface area contributed by atoms with Gasteiger partial charge in [-0.1, -0.05) is 12.1 Å². The van der Waals surface area contributed by atoms with Crippen LogP contribution in [0.1, 0.15) is 11.1 Å². The number of carbonyl (C=O) groups excluding carboxylic acids is 1. The largest absolute Gasteiger partial charge is 0.480 e. The van der Waals surface area contributed by atoms with Gasteiger partial charge < -0.3 is 9.47 Å². The number of ether oxygens (including phenoxy) is 2. The minimum absolute atomic E-state index is 0.257. The Bertz CT molecular complexity index is 754. The lowest BCUT2D eigenvalue weighted by Gasteiger charge is -2.09. The van der Waals surface area contributed by atoms with Crippen LogP contribution in [0.3, 0.4) is 0 Å². The summed E-state index contributed by atoms with van der Waals surface area (Å²) < 4.78 is 9.76. The Morgan fingerprint density at radius 3 is 2.65 bits per heavy atom. The van der Waals surface area contributed by atoms with Gasteiger partial charge in [0.05, 0.1) is 18.7 Å². The van der Waals surface area contributed by atoms with Crippen LogP contribution in [0.15, 0.2) is 30.3 Å². The molecule has 0 atom stereocenters. The second kappa shape index (κ2) is 5.73. The fraction of sp³-hybridized carbons (Fsp3) is 0.133. The number of fused-ring (bicyclic) bond motifs is 1. The van der Waals surface area contributed by atoms with Crippen molar-refractivity contribution in [3.63, 3.8) is 0 Å². The van der Waals surface area contributed by atoms with Crippen LogP contribution in [-0.2, 0) is 9.53 Å². The number of methoxy groups -OCH3 is 1. The Kier molecular flexibility index (Phi) is 3.83. The lowest BCUT2D eigenvalue weighted by atomic mass is 10.0. The molecule has 0 fully saturated rings. The number of nitrogens with zero attached hydrogens (tertiary/aromatic N) is 2. The van der Waals surface area contributed by atoms with Crippen LogP contribution in [0.2, 0.25) is 0 Å². The molecule has 0 aliphatic heterocycles. The number of hydrogen-bond donors (Lipinski definition) is 0. The van der Waals surface area contributed by atoms with Crippen LogP contribution in [0.25, 0.3) is 10.8 Å². The maximum Gasteiger partial charge on any atom is 0.343 e. The highest BCUT2D eigenvalue weighted by atomic mass is 16.6. The lowest BCUT2D eigenvalue weighted by molar-refractivity contribution is -0.142. The summed E-state index contributed by atoms with van der Waals surface area (Å²) in [5.74, 6) is -0.205. The van der Waals surface area contributed by atoms with E-state index < -0.39 is 5.97 Å². The quantitative estimate of drug-likeness (QED) is 0.795. The first-order chi connectivity index (χ1) is 9.69. The van der Waals surface area contributed by atoms with Crippen molar-refractivity contribution in [1.29, 1.82) is 10.5 Å². The lowest BCUT2D eigenvalue weighted by Crippen LogP contribution is -2.13. The molecular weight excluding hydrogens is 256 g/mol. The first-order valence-electron chi connectivity index (χ1n) is 5.76. The average molecular weight is 266 g/mol. The number of nitriles is 2. The topological polar surface area (TPSA) is 83.1 Å². The van der Waals surface area contributed by atoms with Crippen molar-refractivity contribution in [2.45, 2.75) is 0 Å². The van der Waals surface area contributed by atoms with Crippen molar-refractivity contribution in [3.05, 3.63) is 41.5 Å². The second-order valence-corrected chi connectivity index (χ2v) is 3.96. The number of carbonyl (C=O) groups is 1. The minimum atomic E-state index is -0.520. The van der Waals surface area contributed by atoms with Gasteiger partial charge in [-0.25, -0.2) is 4.79 Å². The Balaban J connectivity index is 2.45. The SMILES string of the molecule is COC(=O)COc1ccc2cc(C#N)ccc2c1C#N. The average Bonchev–Trinajstić information content (AvgIpc) is 2.51. The molecule has 0 radical (unpaired) electrons. The molecule has 0 saturated heterocycles. The van der Waals surface area contributed by atoms with Gasteiger partial charge >= 0.3 is 5.97 Å². The van der Waals surface area contributed by atoms with Gasteiger partial charge in [-0.15, -0.1) is 0 Å². The van der Waals surface area contributed by atoms with Crippen molar-refractivity contribution in [1.82, 2.24) is 0 Å². The van der Waals surface area contributed by atoms with Gasteiger partial charge in [-0.2, -0.15) is 10.5 Å². The van der Waals surface area contributed by atoms with E-state index in [1.807, 2.05) is 6.07 Å². The van der Waals surface area contributed by atoms with Gasteiger partial charge in [-0.05, 0) is 23.6 Å². The molecular formula is C15H10N2O3. The van der Waals surface area contributed by atoms with Crippen LogP contribution < -0.4 is 4.74 Å². The van der Waals surface area contributed by atoms with Crippen LogP contribution in [0.5, 0.6) is 5.75 Å². The molecule has 5 nitrogen and oxygen atoms in total. The highest BCUT2D eigenvalue weighted by Gasteiger charge is 2.11. The molecule has 0 aliphatic rings. The van der Waals surface area contributed by atoms with Gasteiger partial charge in [-0.3, -0.25) is 0 Å². The zero-order chi connectivity index (χ0) is 14.5. The summed E-state index contributed by atoms with van der Waals surface area (Å²) in [6.45, 7) is -0.257. The smallest absolute Gasteiger partial charge is 0.343 e. The van der Waals surface area contributed by atoms with E-state index in [1.165, 1.54) is 7.11 Å². The van der Waals surface area contributed by atoms with E-state index in [4.69, 9.17) is 10.00 Å². The zero-order valence-electron chi connectivity index (χ0n) is 10.7. The summed E-state index contributed by atoms with van der Waals surface area (Å²) in [6.07, 6.45) is 0. The van der Waals surface area contributed by atoms with E-state index in [2.05, 4.69) is 10.8 Å². The third-order valence-corrected chi connectivity index (χ3v) is 2.80. The molecule has 2 rings (SSSR count). The van der Waals surface area contributed by atoms with Gasteiger partial charge in [0, 0.05) is 5.39 Å². The first kappa shape index (κ1) is 13.4. The molecule has 5 heteroatoms. The Morgan fingerprint density at radius 1 is 1.20 bits per heavy atom. The van der Waals surface area contributed by atoms with E-state index >= 15 is 0 Å². The number of hydrogen-bond acceptors (Lipinski definition) is 5. The van der Waals surface area contributed by atoms with Crippen LogP contribution in [0.4, 0.5) is 0 Å². The van der Waals surface area contributed by atoms with E-state index in [1.54, 1.807) is 30.3 Å². The highest BCUT2D eigenvalue weighted by molar-refractivity contribution is 5.91. The van der Waals surface area contributed by atoms with Crippen molar-refractivity contribution in [2.75, 3.05) is 13.7 Å². The van der Waals surface area contributed by atoms with Crippen LogP contribution in [0, 0.1) is 22.7 Å². The second-order valence-electron chi connectivity index (χ2n) is 3.96. The summed E-state index contributed by atoms with van der Waals surface area (Å²) in [7, 11) is 1.26. The van der Waals surface area contributed by atoms with Crippen molar-refractivity contribution >= 4 is 16.7 Å². The molecule has 20 heavy (non-hydrogen) atoms. The third-order valence-electron chi connectivity index (χ3n) is 2.80. The monoisotopic (exact) mass is 266 g/mol. The van der Waals surface area contributed by atoms with E-state index in [-0.39, 0.29) is 6.61 Å². The summed E-state index contributed by atoms with van der Waals surface area (Å²) in [6, 6.07) is 12.5.